The number of piperazine rings is 1. The summed E-state index contributed by atoms with van der Waals surface area (Å²) in [5, 5.41) is 26.3. The lowest BCUT2D eigenvalue weighted by Crippen LogP contribution is -2.60. The Bertz CT molecular complexity index is 2580. The average Bonchev–Trinajstić information content (AvgIpc) is 3.44. The number of nitriles is 2. The van der Waals surface area contributed by atoms with Crippen molar-refractivity contribution in [3.63, 3.8) is 0 Å². The Morgan fingerprint density at radius 3 is 2.30 bits per heavy atom. The number of piperidine rings is 1. The van der Waals surface area contributed by atoms with Crippen LogP contribution >= 0.6 is 12.2 Å². The highest BCUT2D eigenvalue weighted by atomic mass is 32.1. The first-order chi connectivity index (χ1) is 31.5. The topological polar surface area (TPSA) is 200 Å². The third-order valence-corrected chi connectivity index (χ3v) is 11.7. The molecule has 3 atom stereocenters. The number of halogens is 6. The number of hydrogen-bond acceptors (Lipinski definition) is 13. The summed E-state index contributed by atoms with van der Waals surface area (Å²) in [5.41, 5.74) is -1.96. The Morgan fingerprint density at radius 2 is 1.67 bits per heavy atom. The summed E-state index contributed by atoms with van der Waals surface area (Å²) in [5.74, 6) is -4.90. The molecule has 354 valence electrons. The van der Waals surface area contributed by atoms with Crippen LogP contribution in [-0.4, -0.2) is 107 Å². The summed E-state index contributed by atoms with van der Waals surface area (Å²) in [6.07, 6.45) is -11.7. The lowest BCUT2D eigenvalue weighted by Gasteiger charge is -2.42. The number of imide groups is 1. The van der Waals surface area contributed by atoms with E-state index in [1.807, 2.05) is 17.9 Å². The molecule has 16 nitrogen and oxygen atoms in total. The van der Waals surface area contributed by atoms with Crippen molar-refractivity contribution in [2.45, 2.75) is 83.2 Å². The normalized spacial score (nSPS) is 19.6. The summed E-state index contributed by atoms with van der Waals surface area (Å²) in [4.78, 5) is 69.2. The molecular weight excluding hydrogens is 913 g/mol. The first kappa shape index (κ1) is 49.6. The minimum atomic E-state index is -5.43. The molecule has 0 aliphatic carbocycles. The first-order valence-electron chi connectivity index (χ1n) is 20.7. The lowest BCUT2D eigenvalue weighted by atomic mass is 10.0. The van der Waals surface area contributed by atoms with E-state index in [9.17, 15) is 60.8 Å². The van der Waals surface area contributed by atoms with Crippen LogP contribution in [0, 0.1) is 22.7 Å². The van der Waals surface area contributed by atoms with Crippen LogP contribution < -0.4 is 30.5 Å². The predicted octanol–water partition coefficient (Wildman–Crippen LogP) is 5.60. The van der Waals surface area contributed by atoms with Crippen molar-refractivity contribution in [2.24, 2.45) is 0 Å². The second-order valence-electron chi connectivity index (χ2n) is 16.3. The van der Waals surface area contributed by atoms with Gasteiger partial charge in [-0.15, -0.1) is 0 Å². The summed E-state index contributed by atoms with van der Waals surface area (Å²) < 4.78 is 92.9. The molecule has 3 fully saturated rings. The number of amides is 4. The number of alkyl halides is 6. The predicted molar refractivity (Wildman–Crippen MR) is 232 cm³/mol. The Balaban J connectivity index is 1.11. The van der Waals surface area contributed by atoms with Crippen LogP contribution in [0.15, 0.2) is 54.6 Å². The molecule has 3 aromatic rings. The fourth-order valence-corrected chi connectivity index (χ4v) is 8.51. The number of carbonyl (C=O) groups excluding carboxylic acids is 5. The SMILES string of the molecule is CCc1cc(N2C(=S)N(c3ccc(C#N)c(C(F)(F)F)c3)C(=O)C2(C)C)ccc1OCCN1CCN(C(OC(=O)C(F)(F)F)C(=O)Nc2cc(C#N)cc(NC3CCC(=O)NC3=O)c2)[C@H](C)C1. The van der Waals surface area contributed by atoms with Gasteiger partial charge < -0.3 is 25.0 Å². The molecule has 3 aromatic carbocycles. The van der Waals surface area contributed by atoms with E-state index in [0.717, 1.165) is 17.0 Å². The van der Waals surface area contributed by atoms with Gasteiger partial charge in [-0.05, 0) is 106 Å². The van der Waals surface area contributed by atoms with Crippen LogP contribution in [0.1, 0.15) is 62.8 Å². The quantitative estimate of drug-likeness (QED) is 0.0828. The van der Waals surface area contributed by atoms with Crippen molar-refractivity contribution in [1.29, 1.82) is 10.5 Å². The number of benzene rings is 3. The number of rotatable bonds is 13. The average molecular weight is 956 g/mol. The number of esters is 1. The highest BCUT2D eigenvalue weighted by molar-refractivity contribution is 7.81. The van der Waals surface area contributed by atoms with Gasteiger partial charge >= 0.3 is 18.3 Å². The molecule has 3 N–H and O–H groups in total. The van der Waals surface area contributed by atoms with Crippen LogP contribution in [0.3, 0.4) is 0 Å². The van der Waals surface area contributed by atoms with Crippen molar-refractivity contribution >= 4 is 69.7 Å². The summed E-state index contributed by atoms with van der Waals surface area (Å²) >= 11 is 5.68. The lowest BCUT2D eigenvalue weighted by molar-refractivity contribution is -0.215. The Hall–Kier alpha value is -6.82. The molecule has 4 amide bonds. The first-order valence-corrected chi connectivity index (χ1v) is 21.2. The van der Waals surface area contributed by atoms with Crippen molar-refractivity contribution in [1.82, 2.24) is 15.1 Å². The number of ether oxygens (including phenoxy) is 2. The maximum absolute atomic E-state index is 13.8. The molecule has 0 aromatic heterocycles. The number of anilines is 4. The van der Waals surface area contributed by atoms with E-state index in [1.165, 1.54) is 40.1 Å². The summed E-state index contributed by atoms with van der Waals surface area (Å²) in [6, 6.07) is 13.9. The summed E-state index contributed by atoms with van der Waals surface area (Å²) in [6.45, 7) is 7.50. The van der Waals surface area contributed by atoms with Gasteiger partial charge in [0.05, 0.1) is 34.5 Å². The number of hydrogen-bond donors (Lipinski definition) is 3. The van der Waals surface area contributed by atoms with Crippen molar-refractivity contribution < 1.29 is 59.8 Å². The van der Waals surface area contributed by atoms with Crippen molar-refractivity contribution in [3.8, 4) is 17.9 Å². The fourth-order valence-electron chi connectivity index (χ4n) is 7.99. The van der Waals surface area contributed by atoms with Crippen LogP contribution in [0.5, 0.6) is 5.75 Å². The van der Waals surface area contributed by atoms with Gasteiger partial charge in [0.2, 0.25) is 18.0 Å². The van der Waals surface area contributed by atoms with Crippen LogP contribution in [0.25, 0.3) is 0 Å². The standard InChI is InChI=1S/C44H43F6N9O7S/c1-5-26-18-31(59-41(67)58(39(63)42(59,3)4)30-7-6-27(22-52)32(20-30)43(45,46)47)8-10-34(26)65-15-14-56-12-13-57(24(2)23-56)38(66-40(64)44(48,49)50)37(62)54-29-17-25(21-51)16-28(19-29)53-33-9-11-35(60)55-36(33)61/h6-8,10,16-20,24,33,38,53H,5,9,11-15,23H2,1-4H3,(H,54,62)(H,55,60,61)/t24-,33?,38?/m1/s1. The van der Waals surface area contributed by atoms with E-state index in [4.69, 9.17) is 21.7 Å². The van der Waals surface area contributed by atoms with Gasteiger partial charge in [0, 0.05) is 55.7 Å². The van der Waals surface area contributed by atoms with Crippen LogP contribution in [0.4, 0.5) is 49.1 Å². The van der Waals surface area contributed by atoms with Crippen LogP contribution in [0.2, 0.25) is 0 Å². The number of carbonyl (C=O) groups is 5. The van der Waals surface area contributed by atoms with E-state index in [-0.39, 0.29) is 66.8 Å². The highest BCUT2D eigenvalue weighted by Gasteiger charge is 2.51. The summed E-state index contributed by atoms with van der Waals surface area (Å²) in [7, 11) is 0. The fraction of sp³-hybridized carbons (Fsp3) is 0.409. The van der Waals surface area contributed by atoms with Gasteiger partial charge in [0.25, 0.3) is 11.8 Å². The third-order valence-electron chi connectivity index (χ3n) is 11.4. The van der Waals surface area contributed by atoms with Gasteiger partial charge in [0.1, 0.15) is 23.9 Å². The van der Waals surface area contributed by atoms with Crippen LogP contribution in [-0.2, 0) is 41.3 Å². The van der Waals surface area contributed by atoms with E-state index in [2.05, 4.69) is 16.0 Å². The third kappa shape index (κ3) is 10.9. The molecule has 0 spiro atoms. The van der Waals surface area contributed by atoms with Crippen molar-refractivity contribution in [2.75, 3.05) is 53.2 Å². The van der Waals surface area contributed by atoms with E-state index in [1.54, 1.807) is 39.0 Å². The molecule has 3 heterocycles. The molecule has 23 heteroatoms. The minimum absolute atomic E-state index is 0.0137. The van der Waals surface area contributed by atoms with Gasteiger partial charge in [-0.1, -0.05) is 6.92 Å². The van der Waals surface area contributed by atoms with Gasteiger partial charge in [-0.2, -0.15) is 36.9 Å². The van der Waals surface area contributed by atoms with Gasteiger partial charge in [-0.25, -0.2) is 4.79 Å². The Kier molecular flexibility index (Phi) is 14.5. The molecule has 6 rings (SSSR count). The molecular formula is C44H43F6N9O7S. The molecule has 0 radical (unpaired) electrons. The van der Waals surface area contributed by atoms with Crippen molar-refractivity contribution in [3.05, 3.63) is 76.9 Å². The molecule has 3 aliphatic rings. The zero-order valence-corrected chi connectivity index (χ0v) is 37.1. The largest absolute Gasteiger partial charge is 0.492 e. The zero-order chi connectivity index (χ0) is 49.2. The number of thiocarbonyl (C=S) groups is 1. The zero-order valence-electron chi connectivity index (χ0n) is 36.3. The second-order valence-corrected chi connectivity index (χ2v) is 16.7. The molecule has 3 aliphatic heterocycles. The van der Waals surface area contributed by atoms with Gasteiger partial charge in [-0.3, -0.25) is 39.2 Å². The van der Waals surface area contributed by atoms with E-state index in [0.29, 0.717) is 30.0 Å². The maximum atomic E-state index is 13.8. The smallest absolute Gasteiger partial charge is 0.490 e. The van der Waals surface area contributed by atoms with E-state index >= 15 is 0 Å². The molecule has 3 saturated heterocycles. The monoisotopic (exact) mass is 955 g/mol. The van der Waals surface area contributed by atoms with Gasteiger partial charge in [0.15, 0.2) is 5.11 Å². The number of nitrogens with one attached hydrogen (secondary N) is 3. The highest BCUT2D eigenvalue weighted by Crippen LogP contribution is 2.41. The Labute approximate surface area is 385 Å². The maximum Gasteiger partial charge on any atom is 0.490 e. The molecule has 67 heavy (non-hydrogen) atoms. The molecule has 2 unspecified atom stereocenters. The molecule has 0 bridgehead atoms. The Morgan fingerprint density at radius 1 is 0.970 bits per heavy atom. The second kappa shape index (κ2) is 19.6. The van der Waals surface area contributed by atoms with E-state index < -0.39 is 76.9 Å². The minimum Gasteiger partial charge on any atom is -0.492 e. The number of aryl methyl sites for hydroxylation is 1. The number of nitrogens with zero attached hydrogens (tertiary/aromatic N) is 6. The molecule has 0 saturated carbocycles.